The van der Waals surface area contributed by atoms with E-state index in [0.29, 0.717) is 0 Å². The summed E-state index contributed by atoms with van der Waals surface area (Å²) >= 11 is 0. The van der Waals surface area contributed by atoms with Gasteiger partial charge in [0.25, 0.3) is 0 Å². The van der Waals surface area contributed by atoms with Crippen LogP contribution in [0.2, 0.25) is 0 Å². The highest BCUT2D eigenvalue weighted by Crippen LogP contribution is 1.84. The number of nitrogens with zero attached hydrogens (tertiary/aromatic N) is 1. The zero-order valence-electron chi connectivity index (χ0n) is 5.93. The van der Waals surface area contributed by atoms with Gasteiger partial charge in [0.2, 0.25) is 0 Å². The summed E-state index contributed by atoms with van der Waals surface area (Å²) in [4.78, 5) is 13.6. The number of hydrogen-bond donors (Lipinski definition) is 3. The molecular formula is C3H8N4O4S. The van der Waals surface area contributed by atoms with E-state index in [1.165, 1.54) is 0 Å². The molecule has 0 aromatic heterocycles. The minimum atomic E-state index is -4.27. The van der Waals surface area contributed by atoms with Crippen LogP contribution in [0.15, 0.2) is 4.99 Å². The van der Waals surface area contributed by atoms with Crippen LogP contribution in [0.4, 0.5) is 0 Å². The molecule has 0 saturated carbocycles. The molecule has 0 aliphatic carbocycles. The molecule has 0 aliphatic heterocycles. The van der Waals surface area contributed by atoms with Gasteiger partial charge >= 0.3 is 16.3 Å². The third-order valence-electron chi connectivity index (χ3n) is 0.600. The minimum absolute atomic E-state index is 0.346. The van der Waals surface area contributed by atoms with Gasteiger partial charge in [-0.2, -0.15) is 13.6 Å². The number of rotatable bonds is 3. The molecule has 0 aliphatic rings. The summed E-state index contributed by atoms with van der Waals surface area (Å²) in [5.41, 5.74) is 9.69. The minimum Gasteiger partial charge on any atom is -0.370 e. The molecule has 0 amide bonds. The molecule has 0 spiro atoms. The Bertz CT molecular complexity index is 289. The van der Waals surface area contributed by atoms with E-state index in [0.717, 1.165) is 0 Å². The highest BCUT2D eigenvalue weighted by Gasteiger charge is 2.09. The fourth-order valence-electron chi connectivity index (χ4n) is 0.312. The first-order chi connectivity index (χ1) is 5.31. The van der Waals surface area contributed by atoms with Gasteiger partial charge in [-0.05, 0) is 0 Å². The lowest BCUT2D eigenvalue weighted by Gasteiger charge is -1.97. The molecule has 8 nitrogen and oxygen atoms in total. The standard InChI is InChI=1S/C3H8N4O4S/c4-3(5)7-1-2(8)11-12(6,9)10/h1H2,(H4,4,5,7)(H2,6,9,10). The predicted molar refractivity (Wildman–Crippen MR) is 39.9 cm³/mol. The maximum Gasteiger partial charge on any atom is 0.382 e. The average molecular weight is 196 g/mol. The topological polar surface area (TPSA) is 151 Å². The van der Waals surface area contributed by atoms with Crippen LogP contribution in [-0.4, -0.2) is 26.9 Å². The van der Waals surface area contributed by atoms with Crippen LogP contribution in [0, 0.1) is 0 Å². The summed E-state index contributed by atoms with van der Waals surface area (Å²) in [5, 5.41) is 4.36. The van der Waals surface area contributed by atoms with Gasteiger partial charge in [0.05, 0.1) is 0 Å². The summed E-state index contributed by atoms with van der Waals surface area (Å²) in [7, 11) is -4.27. The normalized spacial score (nSPS) is 10.4. The van der Waals surface area contributed by atoms with Gasteiger partial charge in [-0.3, -0.25) is 0 Å². The van der Waals surface area contributed by atoms with Crippen molar-refractivity contribution >= 4 is 22.2 Å². The number of carbonyl (C=O) groups excluding carboxylic acids is 1. The van der Waals surface area contributed by atoms with Crippen molar-refractivity contribution in [2.45, 2.75) is 0 Å². The summed E-state index contributed by atoms with van der Waals surface area (Å²) < 4.78 is 23.9. The lowest BCUT2D eigenvalue weighted by Crippen LogP contribution is -2.26. The highest BCUT2D eigenvalue weighted by atomic mass is 32.2. The molecule has 0 radical (unpaired) electrons. The van der Waals surface area contributed by atoms with Crippen LogP contribution in [0.25, 0.3) is 0 Å². The van der Waals surface area contributed by atoms with Gasteiger partial charge in [0.15, 0.2) is 5.96 Å². The molecule has 0 bridgehead atoms. The van der Waals surface area contributed by atoms with E-state index >= 15 is 0 Å². The smallest absolute Gasteiger partial charge is 0.370 e. The molecule has 0 aromatic rings. The second-order valence-electron chi connectivity index (χ2n) is 1.69. The van der Waals surface area contributed by atoms with Crippen molar-refractivity contribution < 1.29 is 17.4 Å². The molecule has 0 aromatic carbocycles. The van der Waals surface area contributed by atoms with Gasteiger partial charge in [-0.25, -0.2) is 9.79 Å². The van der Waals surface area contributed by atoms with Crippen LogP contribution in [0.1, 0.15) is 0 Å². The molecule has 0 rings (SSSR count). The van der Waals surface area contributed by atoms with Crippen molar-refractivity contribution in [3.8, 4) is 0 Å². The van der Waals surface area contributed by atoms with Crippen LogP contribution in [0.5, 0.6) is 0 Å². The zero-order valence-corrected chi connectivity index (χ0v) is 6.74. The van der Waals surface area contributed by atoms with Gasteiger partial charge in [0.1, 0.15) is 6.54 Å². The third kappa shape index (κ3) is 6.77. The maximum absolute atomic E-state index is 10.5. The Kier molecular flexibility index (Phi) is 3.44. The van der Waals surface area contributed by atoms with Crippen LogP contribution >= 0.6 is 0 Å². The Hall–Kier alpha value is -1.35. The number of guanidine groups is 1. The molecule has 0 heterocycles. The first kappa shape index (κ1) is 10.7. The molecule has 12 heavy (non-hydrogen) atoms. The SMILES string of the molecule is NC(N)=NCC(=O)OS(N)(=O)=O. The predicted octanol–water partition coefficient (Wildman–Crippen LogP) is -2.99. The van der Waals surface area contributed by atoms with Gasteiger partial charge in [-0.15, -0.1) is 0 Å². The number of carbonyl (C=O) groups is 1. The van der Waals surface area contributed by atoms with E-state index < -0.39 is 22.8 Å². The van der Waals surface area contributed by atoms with Gasteiger partial charge < -0.3 is 15.7 Å². The van der Waals surface area contributed by atoms with Crippen molar-refractivity contribution in [3.63, 3.8) is 0 Å². The average Bonchev–Trinajstić information content (AvgIpc) is 1.79. The van der Waals surface area contributed by atoms with E-state index in [2.05, 4.69) is 14.3 Å². The first-order valence-corrected chi connectivity index (χ1v) is 4.09. The summed E-state index contributed by atoms with van der Waals surface area (Å²) in [6.45, 7) is -0.585. The first-order valence-electron chi connectivity index (χ1n) is 2.61. The van der Waals surface area contributed by atoms with Gasteiger partial charge in [0, 0.05) is 0 Å². The maximum atomic E-state index is 10.5. The molecule has 0 unspecified atom stereocenters. The molecule has 9 heteroatoms. The molecule has 0 fully saturated rings. The van der Waals surface area contributed by atoms with E-state index in [9.17, 15) is 13.2 Å². The third-order valence-corrected chi connectivity index (χ3v) is 1.02. The number of hydrogen-bond acceptors (Lipinski definition) is 5. The van der Waals surface area contributed by atoms with E-state index in [-0.39, 0.29) is 5.96 Å². The molecular weight excluding hydrogens is 188 g/mol. The van der Waals surface area contributed by atoms with Gasteiger partial charge in [-0.1, -0.05) is 0 Å². The fourth-order valence-corrected chi connectivity index (χ4v) is 0.624. The Labute approximate surface area is 68.6 Å². The van der Waals surface area contributed by atoms with Crippen molar-refractivity contribution in [1.29, 1.82) is 0 Å². The van der Waals surface area contributed by atoms with Crippen molar-refractivity contribution in [2.24, 2.45) is 21.6 Å². The van der Waals surface area contributed by atoms with Crippen molar-refractivity contribution in [1.82, 2.24) is 0 Å². The second kappa shape index (κ2) is 3.88. The van der Waals surface area contributed by atoms with Crippen LogP contribution in [-0.2, 0) is 19.3 Å². The molecule has 70 valence electrons. The zero-order chi connectivity index (χ0) is 9.78. The lowest BCUT2D eigenvalue weighted by molar-refractivity contribution is -0.132. The summed E-state index contributed by atoms with van der Waals surface area (Å²) in [6.07, 6.45) is 0. The monoisotopic (exact) mass is 196 g/mol. The quantitative estimate of drug-likeness (QED) is 0.323. The van der Waals surface area contributed by atoms with E-state index in [1.807, 2.05) is 0 Å². The van der Waals surface area contributed by atoms with Crippen molar-refractivity contribution in [3.05, 3.63) is 0 Å². The number of nitrogens with two attached hydrogens (primary N) is 3. The Balaban J connectivity index is 4.02. The Morgan fingerprint density at radius 1 is 1.42 bits per heavy atom. The Morgan fingerprint density at radius 3 is 2.25 bits per heavy atom. The number of aliphatic imine (C=N–C) groups is 1. The second-order valence-corrected chi connectivity index (χ2v) is 2.84. The Morgan fingerprint density at radius 2 is 1.92 bits per heavy atom. The fraction of sp³-hybridized carbons (Fsp3) is 0.333. The van der Waals surface area contributed by atoms with Crippen molar-refractivity contribution in [2.75, 3.05) is 6.54 Å². The van der Waals surface area contributed by atoms with E-state index in [1.54, 1.807) is 0 Å². The van der Waals surface area contributed by atoms with E-state index in [4.69, 9.17) is 11.5 Å². The summed E-state index contributed by atoms with van der Waals surface area (Å²) in [6, 6.07) is 0. The molecule has 6 N–H and O–H groups in total. The largest absolute Gasteiger partial charge is 0.382 e. The van der Waals surface area contributed by atoms with Crippen LogP contribution in [0.3, 0.4) is 0 Å². The highest BCUT2D eigenvalue weighted by molar-refractivity contribution is 7.84. The molecule has 0 saturated heterocycles. The molecule has 0 atom stereocenters. The lowest BCUT2D eigenvalue weighted by atomic mass is 10.7. The van der Waals surface area contributed by atoms with Crippen LogP contribution < -0.4 is 16.6 Å². The summed E-state index contributed by atoms with van der Waals surface area (Å²) in [5.74, 6) is -1.49.